The fourth-order valence-corrected chi connectivity index (χ4v) is 4.28. The van der Waals surface area contributed by atoms with Gasteiger partial charge in [0.1, 0.15) is 11.7 Å². The molecule has 0 aliphatic carbocycles. The predicted octanol–water partition coefficient (Wildman–Crippen LogP) is 7.61. The number of hydrogen-bond acceptors (Lipinski definition) is 2. The van der Waals surface area contributed by atoms with Gasteiger partial charge in [-0.3, -0.25) is 9.59 Å². The second kappa shape index (κ2) is 11.1. The highest BCUT2D eigenvalue weighted by atomic mass is 35.5. The number of hydrogen-bond donors (Lipinski definition) is 1. The molecule has 0 aliphatic rings. The summed E-state index contributed by atoms with van der Waals surface area (Å²) in [5, 5.41) is -1.00. The minimum absolute atomic E-state index is 0.0195. The number of benzene rings is 2. The van der Waals surface area contributed by atoms with Gasteiger partial charge < -0.3 is 10.6 Å². The molecule has 0 saturated heterocycles. The van der Waals surface area contributed by atoms with Crippen molar-refractivity contribution in [3.8, 4) is 0 Å². The van der Waals surface area contributed by atoms with Gasteiger partial charge >= 0.3 is 12.4 Å². The van der Waals surface area contributed by atoms with Gasteiger partial charge in [0.05, 0.1) is 32.1 Å². The molecule has 0 fully saturated rings. The van der Waals surface area contributed by atoms with E-state index in [1.165, 1.54) is 14.1 Å². The maximum absolute atomic E-state index is 15.5. The molecular formula is C23H18Cl3F7N2O2. The van der Waals surface area contributed by atoms with Crippen LogP contribution in [-0.2, 0) is 11.0 Å². The van der Waals surface area contributed by atoms with Crippen LogP contribution in [0.4, 0.5) is 30.7 Å². The van der Waals surface area contributed by atoms with Crippen LogP contribution < -0.4 is 5.73 Å². The Morgan fingerprint density at radius 3 is 1.86 bits per heavy atom. The molecular weight excluding hydrogens is 576 g/mol. The topological polar surface area (TPSA) is 63.4 Å². The number of rotatable bonds is 6. The van der Waals surface area contributed by atoms with E-state index in [0.29, 0.717) is 12.1 Å². The van der Waals surface area contributed by atoms with E-state index in [0.717, 1.165) is 24.0 Å². The minimum atomic E-state index is -5.32. The molecule has 0 spiro atoms. The molecule has 0 bridgehead atoms. The van der Waals surface area contributed by atoms with Gasteiger partial charge in [0.25, 0.3) is 0 Å². The molecule has 0 aliphatic heterocycles. The fourth-order valence-electron chi connectivity index (χ4n) is 3.67. The number of likely N-dealkylation sites (N-methyl/N-ethyl adjacent to an activating group) is 1. The number of primary amides is 1. The number of alkyl halides is 6. The maximum Gasteiger partial charge on any atom is 0.417 e. The third-order valence-electron chi connectivity index (χ3n) is 5.33. The molecule has 0 radical (unpaired) electrons. The van der Waals surface area contributed by atoms with Crippen LogP contribution in [0.1, 0.15) is 51.4 Å². The van der Waals surface area contributed by atoms with Crippen molar-refractivity contribution in [1.82, 2.24) is 4.90 Å². The van der Waals surface area contributed by atoms with Crippen molar-refractivity contribution < 1.29 is 40.3 Å². The lowest BCUT2D eigenvalue weighted by molar-refractivity contribution is -0.140. The zero-order chi connectivity index (χ0) is 28.6. The van der Waals surface area contributed by atoms with Gasteiger partial charge in [0.15, 0.2) is 0 Å². The average molecular weight is 594 g/mol. The van der Waals surface area contributed by atoms with Gasteiger partial charge in [-0.25, -0.2) is 4.39 Å². The summed E-state index contributed by atoms with van der Waals surface area (Å²) in [6.07, 6.45) is -10.5. The highest BCUT2D eigenvalue weighted by Crippen LogP contribution is 2.45. The highest BCUT2D eigenvalue weighted by molar-refractivity contribution is 6.48. The normalized spacial score (nSPS) is 14.4. The van der Waals surface area contributed by atoms with Crippen molar-refractivity contribution in [3.05, 3.63) is 73.2 Å². The molecule has 2 N–H and O–H groups in total. The van der Waals surface area contributed by atoms with Crippen LogP contribution in [0.3, 0.4) is 0 Å². The molecule has 4 nitrogen and oxygen atoms in total. The molecule has 0 saturated carbocycles. The first-order valence-electron chi connectivity index (χ1n) is 10.1. The Bertz CT molecular complexity index is 1240. The number of carbonyl (C=O) groups excluding carboxylic acids is 2. The summed E-state index contributed by atoms with van der Waals surface area (Å²) < 4.78 is 99.6. The predicted molar refractivity (Wildman–Crippen MR) is 126 cm³/mol. The summed E-state index contributed by atoms with van der Waals surface area (Å²) in [7, 11) is 2.42. The quantitative estimate of drug-likeness (QED) is 0.277. The van der Waals surface area contributed by atoms with Crippen LogP contribution in [0.5, 0.6) is 0 Å². The Hall–Kier alpha value is -2.50. The Kier molecular flexibility index (Phi) is 9.20. The van der Waals surface area contributed by atoms with E-state index in [1.54, 1.807) is 0 Å². The molecule has 1 unspecified atom stereocenters. The first-order valence-corrected chi connectivity index (χ1v) is 11.3. The van der Waals surface area contributed by atoms with Crippen LogP contribution in [0.2, 0.25) is 15.1 Å². The maximum atomic E-state index is 15.5. The van der Waals surface area contributed by atoms with E-state index in [4.69, 9.17) is 40.5 Å². The summed E-state index contributed by atoms with van der Waals surface area (Å²) in [6, 6.07) is 2.76. The Balaban J connectivity index is 2.94. The first kappa shape index (κ1) is 30.7. The van der Waals surface area contributed by atoms with Crippen LogP contribution in [0.25, 0.3) is 5.83 Å². The van der Waals surface area contributed by atoms with Gasteiger partial charge in [-0.2, -0.15) is 26.3 Å². The van der Waals surface area contributed by atoms with E-state index < -0.39 is 69.6 Å². The molecule has 0 aromatic heterocycles. The molecule has 37 heavy (non-hydrogen) atoms. The van der Waals surface area contributed by atoms with E-state index >= 15 is 4.39 Å². The van der Waals surface area contributed by atoms with Gasteiger partial charge in [0, 0.05) is 19.7 Å². The van der Waals surface area contributed by atoms with Crippen LogP contribution in [0.15, 0.2) is 30.3 Å². The van der Waals surface area contributed by atoms with Crippen molar-refractivity contribution in [2.24, 2.45) is 5.73 Å². The summed E-state index contributed by atoms with van der Waals surface area (Å²) in [5.41, 5.74) is -0.429. The van der Waals surface area contributed by atoms with Crippen molar-refractivity contribution >= 4 is 52.4 Å². The lowest BCUT2D eigenvalue weighted by Gasteiger charge is -2.25. The zero-order valence-corrected chi connectivity index (χ0v) is 21.4. The van der Waals surface area contributed by atoms with Crippen molar-refractivity contribution in [2.75, 3.05) is 14.1 Å². The average Bonchev–Trinajstić information content (AvgIpc) is 2.76. The number of halogens is 10. The van der Waals surface area contributed by atoms with Crippen molar-refractivity contribution in [2.45, 2.75) is 31.1 Å². The van der Waals surface area contributed by atoms with Gasteiger partial charge in [-0.1, -0.05) is 40.9 Å². The zero-order valence-electron chi connectivity index (χ0n) is 19.2. The molecule has 0 heterocycles. The Morgan fingerprint density at radius 1 is 0.973 bits per heavy atom. The summed E-state index contributed by atoms with van der Waals surface area (Å²) in [5.74, 6) is -8.68. The standard InChI is InChI=1S/C23H18Cl3F7N2O2/c1-9(21(37)35(2)3)17-11(4-5-12(20(34)36)18(17)23(31,32)33)16(27)8-13(22(28,29)30)10-6-14(24)19(26)15(25)7-10/h4-9,13H,1-3H3,(H2,34,36)/b16-8-/t9-,13?/m1/s1. The monoisotopic (exact) mass is 592 g/mol. The highest BCUT2D eigenvalue weighted by Gasteiger charge is 2.43. The second-order valence-electron chi connectivity index (χ2n) is 8.10. The molecule has 14 heteroatoms. The van der Waals surface area contributed by atoms with Crippen LogP contribution in [0, 0.1) is 0 Å². The largest absolute Gasteiger partial charge is 0.417 e. The number of nitrogens with zero attached hydrogens (tertiary/aromatic N) is 1. The fraction of sp³-hybridized carbons (Fsp3) is 0.304. The third-order valence-corrected chi connectivity index (χ3v) is 6.52. The Morgan fingerprint density at radius 2 is 1.46 bits per heavy atom. The molecule has 2 aromatic rings. The van der Waals surface area contributed by atoms with E-state index in [1.807, 2.05) is 0 Å². The number of nitrogens with two attached hydrogens (primary N) is 1. The van der Waals surface area contributed by atoms with Crippen LogP contribution in [-0.4, -0.2) is 37.0 Å². The lowest BCUT2D eigenvalue weighted by Crippen LogP contribution is -2.30. The summed E-state index contributed by atoms with van der Waals surface area (Å²) in [6.45, 7) is 0.994. The molecule has 2 aromatic carbocycles. The molecule has 2 rings (SSSR count). The first-order chi connectivity index (χ1) is 16.8. The third kappa shape index (κ3) is 6.69. The van der Waals surface area contributed by atoms with Gasteiger partial charge in [-0.05, 0) is 42.3 Å². The molecule has 202 valence electrons. The van der Waals surface area contributed by atoms with Crippen molar-refractivity contribution in [1.29, 1.82) is 0 Å². The molecule has 2 atom stereocenters. The van der Waals surface area contributed by atoms with Gasteiger partial charge in [0.2, 0.25) is 11.8 Å². The summed E-state index contributed by atoms with van der Waals surface area (Å²) in [4.78, 5) is 25.2. The smallest absolute Gasteiger partial charge is 0.366 e. The lowest BCUT2D eigenvalue weighted by atomic mass is 9.85. The van der Waals surface area contributed by atoms with Crippen LogP contribution >= 0.6 is 34.8 Å². The minimum Gasteiger partial charge on any atom is -0.366 e. The Labute approximate surface area is 221 Å². The molecule has 2 amide bonds. The summed E-state index contributed by atoms with van der Waals surface area (Å²) >= 11 is 17.4. The number of amides is 2. The number of carbonyl (C=O) groups is 2. The van der Waals surface area contributed by atoms with Crippen molar-refractivity contribution in [3.63, 3.8) is 0 Å². The number of allylic oxidation sites excluding steroid dienone is 1. The van der Waals surface area contributed by atoms with E-state index in [-0.39, 0.29) is 21.1 Å². The van der Waals surface area contributed by atoms with E-state index in [9.17, 15) is 35.9 Å². The van der Waals surface area contributed by atoms with E-state index in [2.05, 4.69) is 0 Å². The second-order valence-corrected chi connectivity index (χ2v) is 9.29. The SMILES string of the molecule is C[C@@H](C(=O)N(C)C)c1c(/C(F)=C/C(c2cc(Cl)c(Cl)c(Cl)c2)C(F)(F)F)ccc(C(N)=O)c1C(F)(F)F. The van der Waals surface area contributed by atoms with Gasteiger partial charge in [-0.15, -0.1) is 0 Å².